The predicted octanol–water partition coefficient (Wildman–Crippen LogP) is 6.14. The number of hydrogen-bond donors (Lipinski definition) is 0. The first-order valence-corrected chi connectivity index (χ1v) is 11.9. The summed E-state index contributed by atoms with van der Waals surface area (Å²) in [5, 5.41) is 0. The molecule has 1 aliphatic rings. The lowest BCUT2D eigenvalue weighted by Gasteiger charge is -2.23. The third kappa shape index (κ3) is 6.36. The van der Waals surface area contributed by atoms with Crippen molar-refractivity contribution in [1.82, 2.24) is 4.90 Å². The second-order valence-corrected chi connectivity index (χ2v) is 8.68. The number of benzene rings is 3. The Morgan fingerprint density at radius 3 is 2.36 bits per heavy atom. The van der Waals surface area contributed by atoms with Crippen LogP contribution in [0.1, 0.15) is 29.7 Å². The van der Waals surface area contributed by atoms with E-state index < -0.39 is 35.9 Å². The highest BCUT2D eigenvalue weighted by Crippen LogP contribution is 2.40. The molecule has 11 heteroatoms. The zero-order chi connectivity index (χ0) is 28.2. The van der Waals surface area contributed by atoms with Crippen LogP contribution in [0, 0.1) is 0 Å². The van der Waals surface area contributed by atoms with Crippen LogP contribution in [0.2, 0.25) is 0 Å². The predicted molar refractivity (Wildman–Crippen MR) is 133 cm³/mol. The summed E-state index contributed by atoms with van der Waals surface area (Å²) in [5.41, 5.74) is -0.0213. The lowest BCUT2D eigenvalue weighted by atomic mass is 10.0. The molecule has 0 aromatic heterocycles. The molecule has 1 aliphatic heterocycles. The van der Waals surface area contributed by atoms with Crippen molar-refractivity contribution in [3.8, 4) is 23.0 Å². The van der Waals surface area contributed by atoms with Crippen molar-refractivity contribution in [3.05, 3.63) is 83.4 Å². The second kappa shape index (κ2) is 11.5. The van der Waals surface area contributed by atoms with Gasteiger partial charge in [0.25, 0.3) is 0 Å². The lowest BCUT2D eigenvalue weighted by molar-refractivity contribution is -0.143. The van der Waals surface area contributed by atoms with E-state index in [1.165, 1.54) is 43.4 Å². The Hall–Kier alpha value is -4.41. The van der Waals surface area contributed by atoms with E-state index in [4.69, 9.17) is 18.9 Å². The number of rotatable bonds is 9. The number of methoxy groups -OCH3 is 2. The molecule has 3 aromatic rings. The first-order chi connectivity index (χ1) is 18.6. The fourth-order valence-electron chi connectivity index (χ4n) is 4.11. The first kappa shape index (κ1) is 27.6. The van der Waals surface area contributed by atoms with Crippen molar-refractivity contribution in [2.24, 2.45) is 0 Å². The zero-order valence-corrected chi connectivity index (χ0v) is 21.4. The summed E-state index contributed by atoms with van der Waals surface area (Å²) in [5.74, 6) is 0.102. The number of esters is 1. The molecule has 0 aliphatic carbocycles. The van der Waals surface area contributed by atoms with Crippen LogP contribution in [0.4, 0.5) is 18.0 Å². The number of nitrogens with zero attached hydrogens (tertiary/aromatic N) is 1. The van der Waals surface area contributed by atoms with Gasteiger partial charge in [-0.15, -0.1) is 0 Å². The van der Waals surface area contributed by atoms with Gasteiger partial charge in [0.15, 0.2) is 18.1 Å². The van der Waals surface area contributed by atoms with Crippen LogP contribution in [0.25, 0.3) is 0 Å². The van der Waals surface area contributed by atoms with Crippen LogP contribution < -0.4 is 14.2 Å². The van der Waals surface area contributed by atoms with E-state index in [1.54, 1.807) is 6.92 Å². The highest BCUT2D eigenvalue weighted by molar-refractivity contribution is 5.71. The Kier molecular flexibility index (Phi) is 8.18. The Morgan fingerprint density at radius 2 is 1.69 bits per heavy atom. The standard InChI is InChI=1S/C28H26F3NO7/c1-17-26(18-7-5-4-6-8-18)39-27(34)32(17)15-19-13-20(28(29,30)31)9-11-22(19)38-24-14-21(10-12-23(24)35-2)37-16-25(33)36-3/h4-14,17,26H,15-16H2,1-3H3/t17-,26-/m1/s1. The maximum Gasteiger partial charge on any atom is 0.416 e. The molecule has 206 valence electrons. The summed E-state index contributed by atoms with van der Waals surface area (Å²) in [7, 11) is 2.62. The number of cyclic esters (lactones) is 1. The molecule has 3 aromatic carbocycles. The molecule has 4 rings (SSSR count). The van der Waals surface area contributed by atoms with Crippen molar-refractivity contribution < 1.29 is 46.4 Å². The van der Waals surface area contributed by atoms with E-state index in [9.17, 15) is 22.8 Å². The molecule has 8 nitrogen and oxygen atoms in total. The monoisotopic (exact) mass is 545 g/mol. The maximum atomic E-state index is 13.6. The Morgan fingerprint density at radius 1 is 0.974 bits per heavy atom. The largest absolute Gasteiger partial charge is 0.493 e. The van der Waals surface area contributed by atoms with Crippen LogP contribution in [0.3, 0.4) is 0 Å². The third-order valence-electron chi connectivity index (χ3n) is 6.19. The van der Waals surface area contributed by atoms with Crippen LogP contribution in [0.5, 0.6) is 23.0 Å². The normalized spacial score (nSPS) is 17.0. The first-order valence-electron chi connectivity index (χ1n) is 11.9. The van der Waals surface area contributed by atoms with E-state index >= 15 is 0 Å². The molecule has 1 heterocycles. The fraction of sp³-hybridized carbons (Fsp3) is 0.286. The number of ether oxygens (including phenoxy) is 5. The molecule has 1 saturated heterocycles. The van der Waals surface area contributed by atoms with Crippen LogP contribution in [0.15, 0.2) is 66.7 Å². The van der Waals surface area contributed by atoms with Gasteiger partial charge in [-0.05, 0) is 42.8 Å². The van der Waals surface area contributed by atoms with Crippen molar-refractivity contribution in [1.29, 1.82) is 0 Å². The molecular formula is C28H26F3NO7. The van der Waals surface area contributed by atoms with Gasteiger partial charge in [0.05, 0.1) is 32.4 Å². The average Bonchev–Trinajstić information content (AvgIpc) is 3.21. The van der Waals surface area contributed by atoms with E-state index in [2.05, 4.69) is 4.74 Å². The molecular weight excluding hydrogens is 519 g/mol. The molecule has 0 unspecified atom stereocenters. The molecule has 0 bridgehead atoms. The van der Waals surface area contributed by atoms with E-state index in [0.29, 0.717) is 0 Å². The molecule has 2 atom stereocenters. The highest BCUT2D eigenvalue weighted by atomic mass is 19.4. The van der Waals surface area contributed by atoms with Crippen molar-refractivity contribution >= 4 is 12.1 Å². The van der Waals surface area contributed by atoms with E-state index in [0.717, 1.165) is 17.7 Å². The van der Waals surface area contributed by atoms with Gasteiger partial charge in [0, 0.05) is 11.6 Å². The SMILES string of the molecule is COC(=O)COc1ccc(OC)c(Oc2ccc(C(F)(F)F)cc2CN2C(=O)O[C@@H](c3ccccc3)[C@H]2C)c1. The summed E-state index contributed by atoms with van der Waals surface area (Å²) in [6.45, 7) is 1.20. The molecule has 1 amide bonds. The van der Waals surface area contributed by atoms with Crippen molar-refractivity contribution in [2.45, 2.75) is 31.8 Å². The van der Waals surface area contributed by atoms with Crippen molar-refractivity contribution in [3.63, 3.8) is 0 Å². The minimum Gasteiger partial charge on any atom is -0.493 e. The highest BCUT2D eigenvalue weighted by Gasteiger charge is 2.40. The van der Waals surface area contributed by atoms with Crippen molar-refractivity contribution in [2.75, 3.05) is 20.8 Å². The van der Waals surface area contributed by atoms with E-state index in [1.807, 2.05) is 30.3 Å². The lowest BCUT2D eigenvalue weighted by Crippen LogP contribution is -2.31. The van der Waals surface area contributed by atoms with Gasteiger partial charge in [-0.1, -0.05) is 30.3 Å². The van der Waals surface area contributed by atoms with E-state index in [-0.39, 0.29) is 41.7 Å². The molecule has 0 spiro atoms. The minimum atomic E-state index is -4.61. The maximum absolute atomic E-state index is 13.6. The molecule has 0 saturated carbocycles. The summed E-state index contributed by atoms with van der Waals surface area (Å²) in [6.07, 6.45) is -5.86. The molecule has 39 heavy (non-hydrogen) atoms. The smallest absolute Gasteiger partial charge is 0.416 e. The number of carbonyl (C=O) groups is 2. The quantitative estimate of drug-likeness (QED) is 0.299. The summed E-state index contributed by atoms with van der Waals surface area (Å²) < 4.78 is 67.7. The van der Waals surface area contributed by atoms with Gasteiger partial charge >= 0.3 is 18.2 Å². The number of carbonyl (C=O) groups excluding carboxylic acids is 2. The van der Waals surface area contributed by atoms with Gasteiger partial charge in [0.1, 0.15) is 17.6 Å². The van der Waals surface area contributed by atoms with Gasteiger partial charge in [-0.25, -0.2) is 9.59 Å². The zero-order valence-electron chi connectivity index (χ0n) is 21.4. The van der Waals surface area contributed by atoms with Crippen LogP contribution in [-0.2, 0) is 27.0 Å². The molecule has 0 N–H and O–H groups in total. The van der Waals surface area contributed by atoms with Gasteiger partial charge in [-0.3, -0.25) is 4.90 Å². The number of halogens is 3. The van der Waals surface area contributed by atoms with Gasteiger partial charge in [0.2, 0.25) is 0 Å². The summed E-state index contributed by atoms with van der Waals surface area (Å²) in [6, 6.07) is 16.1. The molecule has 0 radical (unpaired) electrons. The Labute approximate surface area is 222 Å². The molecule has 1 fully saturated rings. The summed E-state index contributed by atoms with van der Waals surface area (Å²) >= 11 is 0. The second-order valence-electron chi connectivity index (χ2n) is 8.68. The van der Waals surface area contributed by atoms with Crippen LogP contribution in [-0.4, -0.2) is 43.8 Å². The fourth-order valence-corrected chi connectivity index (χ4v) is 4.11. The van der Waals surface area contributed by atoms with Gasteiger partial charge < -0.3 is 23.7 Å². The van der Waals surface area contributed by atoms with Crippen LogP contribution >= 0.6 is 0 Å². The average molecular weight is 546 g/mol. The third-order valence-corrected chi connectivity index (χ3v) is 6.19. The topological polar surface area (TPSA) is 83.5 Å². The summed E-state index contributed by atoms with van der Waals surface area (Å²) in [4.78, 5) is 25.6. The Bertz CT molecular complexity index is 1330. The number of hydrogen-bond acceptors (Lipinski definition) is 7. The minimum absolute atomic E-state index is 0.0644. The van der Waals surface area contributed by atoms with Gasteiger partial charge in [-0.2, -0.15) is 13.2 Å². The number of alkyl halides is 3. The Balaban J connectivity index is 1.65. The number of amides is 1.